The molecule has 1 aliphatic rings. The van der Waals surface area contributed by atoms with Crippen LogP contribution in [-0.2, 0) is 21.2 Å². The lowest BCUT2D eigenvalue weighted by Crippen LogP contribution is -2.37. The second-order valence-corrected chi connectivity index (χ2v) is 8.12. The van der Waals surface area contributed by atoms with Crippen LogP contribution < -0.4 is 0 Å². The molecule has 3 rings (SSSR count). The lowest BCUT2D eigenvalue weighted by atomic mass is 9.89. The van der Waals surface area contributed by atoms with Gasteiger partial charge in [0.25, 0.3) is 0 Å². The molecule has 0 radical (unpaired) electrons. The molecular formula is C18H20N2O4S. The van der Waals surface area contributed by atoms with Gasteiger partial charge in [-0.1, -0.05) is 24.3 Å². The highest BCUT2D eigenvalue weighted by molar-refractivity contribution is 7.89. The number of carboxylic acid groups (broad SMARTS) is 1. The van der Waals surface area contributed by atoms with E-state index in [0.717, 1.165) is 24.0 Å². The van der Waals surface area contributed by atoms with Crippen LogP contribution in [0.15, 0.2) is 53.7 Å². The van der Waals surface area contributed by atoms with Gasteiger partial charge in [0, 0.05) is 25.5 Å². The summed E-state index contributed by atoms with van der Waals surface area (Å²) >= 11 is 0. The monoisotopic (exact) mass is 360 g/mol. The van der Waals surface area contributed by atoms with E-state index in [9.17, 15) is 13.2 Å². The average molecular weight is 360 g/mol. The first-order valence-corrected chi connectivity index (χ1v) is 9.61. The predicted molar refractivity (Wildman–Crippen MR) is 92.8 cm³/mol. The Bertz CT molecular complexity index is 844. The van der Waals surface area contributed by atoms with Crippen LogP contribution in [0.5, 0.6) is 0 Å². The number of aliphatic carboxylic acids is 1. The predicted octanol–water partition coefficient (Wildman–Crippen LogP) is 2.28. The van der Waals surface area contributed by atoms with Gasteiger partial charge in [-0.05, 0) is 42.0 Å². The number of carboxylic acids is 1. The molecule has 0 aliphatic carbocycles. The van der Waals surface area contributed by atoms with Crippen LogP contribution in [0.3, 0.4) is 0 Å². The van der Waals surface area contributed by atoms with E-state index in [1.807, 2.05) is 18.2 Å². The summed E-state index contributed by atoms with van der Waals surface area (Å²) in [5.74, 6) is -0.608. The summed E-state index contributed by atoms with van der Waals surface area (Å²) in [4.78, 5) is 15.0. The van der Waals surface area contributed by atoms with Crippen LogP contribution in [0, 0.1) is 0 Å². The molecule has 0 amide bonds. The van der Waals surface area contributed by atoms with Crippen molar-refractivity contribution >= 4 is 16.0 Å². The van der Waals surface area contributed by atoms with Gasteiger partial charge in [-0.3, -0.25) is 9.78 Å². The molecule has 0 unspecified atom stereocenters. The number of nitrogens with zero attached hydrogens (tertiary/aromatic N) is 2. The second kappa shape index (κ2) is 7.33. The molecule has 1 saturated heterocycles. The Hall–Kier alpha value is -2.25. The zero-order chi connectivity index (χ0) is 17.9. The van der Waals surface area contributed by atoms with E-state index < -0.39 is 16.0 Å². The van der Waals surface area contributed by atoms with Gasteiger partial charge in [0.05, 0.1) is 6.42 Å². The zero-order valence-electron chi connectivity index (χ0n) is 13.7. The van der Waals surface area contributed by atoms with Crippen LogP contribution in [0.4, 0.5) is 0 Å². The molecule has 0 spiro atoms. The normalized spacial score (nSPS) is 16.6. The average Bonchev–Trinajstić information content (AvgIpc) is 2.62. The number of aromatic nitrogens is 1. The van der Waals surface area contributed by atoms with Crippen LogP contribution in [0.2, 0.25) is 0 Å². The number of carbonyl (C=O) groups is 1. The van der Waals surface area contributed by atoms with E-state index in [1.54, 1.807) is 24.4 Å². The quantitative estimate of drug-likeness (QED) is 0.884. The van der Waals surface area contributed by atoms with E-state index >= 15 is 0 Å². The van der Waals surface area contributed by atoms with Crippen molar-refractivity contribution in [2.75, 3.05) is 13.1 Å². The Kier molecular flexibility index (Phi) is 5.15. The molecule has 7 heteroatoms. The minimum atomic E-state index is -3.50. The minimum absolute atomic E-state index is 0.00205. The lowest BCUT2D eigenvalue weighted by Gasteiger charge is -2.31. The third-order valence-corrected chi connectivity index (χ3v) is 6.39. The summed E-state index contributed by atoms with van der Waals surface area (Å²) in [7, 11) is -3.50. The molecule has 1 aromatic carbocycles. The van der Waals surface area contributed by atoms with Crippen LogP contribution >= 0.6 is 0 Å². The molecule has 0 bridgehead atoms. The Morgan fingerprint density at radius 3 is 2.60 bits per heavy atom. The van der Waals surface area contributed by atoms with Gasteiger partial charge in [-0.2, -0.15) is 4.31 Å². The highest BCUT2D eigenvalue weighted by Crippen LogP contribution is 2.31. The van der Waals surface area contributed by atoms with Crippen LogP contribution in [0.25, 0.3) is 0 Å². The van der Waals surface area contributed by atoms with Crippen LogP contribution in [0.1, 0.15) is 29.9 Å². The largest absolute Gasteiger partial charge is 0.481 e. The molecule has 1 fully saturated rings. The summed E-state index contributed by atoms with van der Waals surface area (Å²) in [6.45, 7) is 0.899. The van der Waals surface area contributed by atoms with Gasteiger partial charge >= 0.3 is 5.97 Å². The fraction of sp³-hybridized carbons (Fsp3) is 0.333. The Balaban J connectivity index is 1.69. The van der Waals surface area contributed by atoms with Crippen molar-refractivity contribution in [1.82, 2.24) is 9.29 Å². The third-order valence-electron chi connectivity index (χ3n) is 4.50. The van der Waals surface area contributed by atoms with Crippen molar-refractivity contribution in [3.05, 3.63) is 59.9 Å². The number of benzene rings is 1. The van der Waals surface area contributed by atoms with E-state index in [4.69, 9.17) is 5.11 Å². The first kappa shape index (κ1) is 17.6. The van der Waals surface area contributed by atoms with Crippen molar-refractivity contribution < 1.29 is 18.3 Å². The van der Waals surface area contributed by atoms with Gasteiger partial charge in [0.2, 0.25) is 10.0 Å². The molecule has 25 heavy (non-hydrogen) atoms. The highest BCUT2D eigenvalue weighted by Gasteiger charge is 2.30. The molecule has 2 heterocycles. The van der Waals surface area contributed by atoms with Gasteiger partial charge in [0.15, 0.2) is 0 Å². The third kappa shape index (κ3) is 4.05. The van der Waals surface area contributed by atoms with Gasteiger partial charge in [-0.15, -0.1) is 0 Å². The number of sulfonamides is 1. The Morgan fingerprint density at radius 1 is 1.20 bits per heavy atom. The zero-order valence-corrected chi connectivity index (χ0v) is 14.5. The molecule has 1 aromatic heterocycles. The smallest absolute Gasteiger partial charge is 0.307 e. The summed E-state index contributed by atoms with van der Waals surface area (Å²) < 4.78 is 26.8. The topological polar surface area (TPSA) is 87.6 Å². The van der Waals surface area contributed by atoms with Crippen molar-refractivity contribution in [2.24, 2.45) is 0 Å². The lowest BCUT2D eigenvalue weighted by molar-refractivity contribution is -0.136. The molecule has 0 atom stereocenters. The fourth-order valence-corrected chi connectivity index (χ4v) is 4.64. The van der Waals surface area contributed by atoms with Crippen molar-refractivity contribution in [3.8, 4) is 0 Å². The summed E-state index contributed by atoms with van der Waals surface area (Å²) in [6, 6.07) is 10.8. The Labute approximate surface area is 147 Å². The maximum atomic E-state index is 12.6. The van der Waals surface area contributed by atoms with E-state index in [2.05, 4.69) is 4.98 Å². The van der Waals surface area contributed by atoms with E-state index in [-0.39, 0.29) is 17.2 Å². The van der Waals surface area contributed by atoms with Crippen molar-refractivity contribution in [3.63, 3.8) is 0 Å². The molecule has 132 valence electrons. The highest BCUT2D eigenvalue weighted by atomic mass is 32.2. The maximum Gasteiger partial charge on any atom is 0.307 e. The summed E-state index contributed by atoms with van der Waals surface area (Å²) in [6.07, 6.45) is 4.36. The molecule has 1 aliphatic heterocycles. The fourth-order valence-electron chi connectivity index (χ4n) is 3.21. The summed E-state index contributed by atoms with van der Waals surface area (Å²) in [5, 5.41) is 8.92. The number of piperidine rings is 1. The number of pyridine rings is 1. The number of hydrogen-bond donors (Lipinski definition) is 1. The first-order valence-electron chi connectivity index (χ1n) is 8.17. The Morgan fingerprint density at radius 2 is 1.96 bits per heavy atom. The van der Waals surface area contributed by atoms with Crippen molar-refractivity contribution in [2.45, 2.75) is 30.1 Å². The summed E-state index contributed by atoms with van der Waals surface area (Å²) in [5.41, 5.74) is 1.85. The molecule has 2 aromatic rings. The van der Waals surface area contributed by atoms with Gasteiger partial charge < -0.3 is 5.11 Å². The molecule has 1 N–H and O–H groups in total. The second-order valence-electron chi connectivity index (χ2n) is 6.18. The molecular weight excluding hydrogens is 340 g/mol. The van der Waals surface area contributed by atoms with Gasteiger partial charge in [-0.25, -0.2) is 8.42 Å². The van der Waals surface area contributed by atoms with Crippen LogP contribution in [-0.4, -0.2) is 41.9 Å². The maximum absolute atomic E-state index is 12.6. The van der Waals surface area contributed by atoms with E-state index in [1.165, 1.54) is 10.5 Å². The SMILES string of the molecule is O=C(O)Cc1cccc(C2CCN(S(=O)(=O)c3cccnc3)CC2)c1. The minimum Gasteiger partial charge on any atom is -0.481 e. The molecule has 0 saturated carbocycles. The number of rotatable bonds is 5. The number of hydrogen-bond acceptors (Lipinski definition) is 4. The standard InChI is InChI=1S/C18H20N2O4S/c21-18(22)12-14-3-1-4-16(11-14)15-6-9-20(10-7-15)25(23,24)17-5-2-8-19-13-17/h1-5,8,11,13,15H,6-7,9-10,12H2,(H,21,22). The first-order chi connectivity index (χ1) is 12.0. The van der Waals surface area contributed by atoms with Gasteiger partial charge in [0.1, 0.15) is 4.90 Å². The van der Waals surface area contributed by atoms with Crippen molar-refractivity contribution in [1.29, 1.82) is 0 Å². The van der Waals surface area contributed by atoms with E-state index in [0.29, 0.717) is 13.1 Å². The molecule has 6 nitrogen and oxygen atoms in total.